The van der Waals surface area contributed by atoms with Gasteiger partial charge in [0.2, 0.25) is 12.7 Å². The van der Waals surface area contributed by atoms with Gasteiger partial charge < -0.3 is 20.1 Å². The largest absolute Gasteiger partial charge is 0.454 e. The molecule has 0 bridgehead atoms. The molecule has 3 rings (SSSR count). The number of aromatic nitrogens is 2. The Bertz CT molecular complexity index is 603. The fourth-order valence-electron chi connectivity index (χ4n) is 1.96. The fraction of sp³-hybridized carbons (Fsp3) is 0.286. The third-order valence-corrected chi connectivity index (χ3v) is 2.90. The Hall–Kier alpha value is -2.50. The molecule has 2 N–H and O–H groups in total. The Morgan fingerprint density at radius 1 is 1.15 bits per heavy atom. The highest BCUT2D eigenvalue weighted by molar-refractivity contribution is 5.45. The zero-order valence-electron chi connectivity index (χ0n) is 11.2. The molecule has 1 aromatic carbocycles. The Morgan fingerprint density at radius 2 is 2.05 bits per heavy atom. The first-order chi connectivity index (χ1) is 9.85. The molecule has 0 unspecified atom stereocenters. The summed E-state index contributed by atoms with van der Waals surface area (Å²) in [6.07, 6.45) is 1.73. The van der Waals surface area contributed by atoms with Gasteiger partial charge in [-0.15, -0.1) is 0 Å². The molecule has 2 heterocycles. The van der Waals surface area contributed by atoms with Crippen molar-refractivity contribution in [3.63, 3.8) is 0 Å². The summed E-state index contributed by atoms with van der Waals surface area (Å²) < 4.78 is 10.6. The van der Waals surface area contributed by atoms with Crippen LogP contribution in [0.1, 0.15) is 12.5 Å². The number of hydrogen-bond acceptors (Lipinski definition) is 6. The fourth-order valence-corrected chi connectivity index (χ4v) is 1.96. The smallest absolute Gasteiger partial charge is 0.231 e. The number of fused-ring (bicyclic) bond motifs is 1. The van der Waals surface area contributed by atoms with Crippen LogP contribution in [0.3, 0.4) is 0 Å². The molecule has 0 aliphatic carbocycles. The van der Waals surface area contributed by atoms with Crippen LogP contribution in [0.25, 0.3) is 0 Å². The molecule has 0 atom stereocenters. The van der Waals surface area contributed by atoms with Crippen molar-refractivity contribution < 1.29 is 9.47 Å². The van der Waals surface area contributed by atoms with Gasteiger partial charge in [-0.05, 0) is 30.7 Å². The SMILES string of the molecule is CCNc1ccnc(NCc2ccc3c(c2)OCO3)n1. The van der Waals surface area contributed by atoms with E-state index < -0.39 is 0 Å². The number of ether oxygens (including phenoxy) is 2. The lowest BCUT2D eigenvalue weighted by molar-refractivity contribution is 0.174. The first-order valence-corrected chi connectivity index (χ1v) is 6.54. The summed E-state index contributed by atoms with van der Waals surface area (Å²) in [7, 11) is 0. The molecule has 0 radical (unpaired) electrons. The lowest BCUT2D eigenvalue weighted by atomic mass is 10.2. The van der Waals surface area contributed by atoms with Gasteiger partial charge in [-0.2, -0.15) is 4.98 Å². The predicted molar refractivity (Wildman–Crippen MR) is 76.1 cm³/mol. The molecule has 0 fully saturated rings. The van der Waals surface area contributed by atoms with Gasteiger partial charge in [0.15, 0.2) is 11.5 Å². The van der Waals surface area contributed by atoms with E-state index in [1.54, 1.807) is 6.20 Å². The molecule has 6 nitrogen and oxygen atoms in total. The zero-order chi connectivity index (χ0) is 13.8. The summed E-state index contributed by atoms with van der Waals surface area (Å²) in [5, 5.41) is 6.34. The van der Waals surface area contributed by atoms with Crippen LogP contribution in [0.5, 0.6) is 11.5 Å². The van der Waals surface area contributed by atoms with Crippen molar-refractivity contribution in [3.8, 4) is 11.5 Å². The third kappa shape index (κ3) is 2.74. The highest BCUT2D eigenvalue weighted by Crippen LogP contribution is 2.32. The summed E-state index contributed by atoms with van der Waals surface area (Å²) in [6, 6.07) is 7.71. The highest BCUT2D eigenvalue weighted by Gasteiger charge is 2.13. The topological polar surface area (TPSA) is 68.3 Å². The number of hydrogen-bond donors (Lipinski definition) is 2. The first-order valence-electron chi connectivity index (χ1n) is 6.54. The highest BCUT2D eigenvalue weighted by atomic mass is 16.7. The van der Waals surface area contributed by atoms with Crippen molar-refractivity contribution in [2.75, 3.05) is 24.0 Å². The van der Waals surface area contributed by atoms with E-state index in [2.05, 4.69) is 20.6 Å². The molecular formula is C14H16N4O2. The van der Waals surface area contributed by atoms with E-state index in [-0.39, 0.29) is 0 Å². The van der Waals surface area contributed by atoms with Gasteiger partial charge in [0.1, 0.15) is 5.82 Å². The second-order valence-electron chi connectivity index (χ2n) is 4.34. The van der Waals surface area contributed by atoms with E-state index in [4.69, 9.17) is 9.47 Å². The molecule has 2 aromatic rings. The van der Waals surface area contributed by atoms with Crippen LogP contribution >= 0.6 is 0 Å². The number of anilines is 2. The Morgan fingerprint density at radius 3 is 2.95 bits per heavy atom. The molecule has 1 aromatic heterocycles. The second kappa shape index (κ2) is 5.64. The summed E-state index contributed by atoms with van der Waals surface area (Å²) >= 11 is 0. The molecule has 104 valence electrons. The van der Waals surface area contributed by atoms with Crippen LogP contribution in [0.4, 0.5) is 11.8 Å². The molecule has 20 heavy (non-hydrogen) atoms. The minimum Gasteiger partial charge on any atom is -0.454 e. The lowest BCUT2D eigenvalue weighted by Gasteiger charge is -2.07. The Kier molecular flexibility index (Phi) is 3.54. The maximum absolute atomic E-state index is 5.35. The third-order valence-electron chi connectivity index (χ3n) is 2.90. The van der Waals surface area contributed by atoms with Gasteiger partial charge in [-0.25, -0.2) is 4.98 Å². The molecule has 0 spiro atoms. The monoisotopic (exact) mass is 272 g/mol. The van der Waals surface area contributed by atoms with E-state index in [0.29, 0.717) is 19.3 Å². The summed E-state index contributed by atoms with van der Waals surface area (Å²) in [5.74, 6) is 2.99. The van der Waals surface area contributed by atoms with E-state index in [1.165, 1.54) is 0 Å². The van der Waals surface area contributed by atoms with Gasteiger partial charge in [0.25, 0.3) is 0 Å². The van der Waals surface area contributed by atoms with Crippen molar-refractivity contribution in [1.82, 2.24) is 9.97 Å². The Labute approximate surface area is 117 Å². The van der Waals surface area contributed by atoms with Crippen LogP contribution in [0.2, 0.25) is 0 Å². The predicted octanol–water partition coefficient (Wildman–Crippen LogP) is 2.25. The van der Waals surface area contributed by atoms with Gasteiger partial charge in [-0.1, -0.05) is 6.07 Å². The quantitative estimate of drug-likeness (QED) is 0.870. The van der Waals surface area contributed by atoms with Crippen molar-refractivity contribution in [2.45, 2.75) is 13.5 Å². The minimum absolute atomic E-state index is 0.292. The normalized spacial score (nSPS) is 12.2. The number of nitrogens with zero attached hydrogens (tertiary/aromatic N) is 2. The first kappa shape index (κ1) is 12.5. The summed E-state index contributed by atoms with van der Waals surface area (Å²) in [4.78, 5) is 8.55. The number of nitrogens with one attached hydrogen (secondary N) is 2. The second-order valence-corrected chi connectivity index (χ2v) is 4.34. The van der Waals surface area contributed by atoms with E-state index >= 15 is 0 Å². The van der Waals surface area contributed by atoms with Crippen LogP contribution in [-0.4, -0.2) is 23.3 Å². The van der Waals surface area contributed by atoms with Gasteiger partial charge in [-0.3, -0.25) is 0 Å². The van der Waals surface area contributed by atoms with Gasteiger partial charge >= 0.3 is 0 Å². The van der Waals surface area contributed by atoms with E-state index in [0.717, 1.165) is 29.4 Å². The molecule has 6 heteroatoms. The maximum atomic E-state index is 5.35. The van der Waals surface area contributed by atoms with Crippen molar-refractivity contribution in [1.29, 1.82) is 0 Å². The standard InChI is InChI=1S/C14H16N4O2/c1-2-15-13-5-6-16-14(18-13)17-8-10-3-4-11-12(7-10)20-9-19-11/h3-7H,2,8-9H2,1H3,(H2,15,16,17,18). The lowest BCUT2D eigenvalue weighted by Crippen LogP contribution is -2.06. The molecule has 1 aliphatic rings. The summed E-state index contributed by atoms with van der Waals surface area (Å²) in [5.41, 5.74) is 1.09. The number of benzene rings is 1. The summed E-state index contributed by atoms with van der Waals surface area (Å²) in [6.45, 7) is 3.78. The average Bonchev–Trinajstić information content (AvgIpc) is 2.93. The van der Waals surface area contributed by atoms with E-state index in [9.17, 15) is 0 Å². The van der Waals surface area contributed by atoms with Crippen LogP contribution < -0.4 is 20.1 Å². The average molecular weight is 272 g/mol. The van der Waals surface area contributed by atoms with Gasteiger partial charge in [0, 0.05) is 19.3 Å². The number of rotatable bonds is 5. The van der Waals surface area contributed by atoms with Crippen molar-refractivity contribution in [3.05, 3.63) is 36.0 Å². The van der Waals surface area contributed by atoms with E-state index in [1.807, 2.05) is 31.2 Å². The van der Waals surface area contributed by atoms with Gasteiger partial charge in [0.05, 0.1) is 0 Å². The van der Waals surface area contributed by atoms with Crippen molar-refractivity contribution >= 4 is 11.8 Å². The molecule has 0 amide bonds. The van der Waals surface area contributed by atoms with Crippen LogP contribution in [0, 0.1) is 0 Å². The molecule has 0 saturated heterocycles. The Balaban J connectivity index is 1.65. The van der Waals surface area contributed by atoms with Crippen molar-refractivity contribution in [2.24, 2.45) is 0 Å². The van der Waals surface area contributed by atoms with Crippen LogP contribution in [-0.2, 0) is 6.54 Å². The maximum Gasteiger partial charge on any atom is 0.231 e. The molecule has 1 aliphatic heterocycles. The zero-order valence-corrected chi connectivity index (χ0v) is 11.2. The minimum atomic E-state index is 0.292. The molecule has 0 saturated carbocycles. The van der Waals surface area contributed by atoms with Crippen LogP contribution in [0.15, 0.2) is 30.5 Å². The molecular weight excluding hydrogens is 256 g/mol.